The first-order valence-corrected chi connectivity index (χ1v) is 11.6. The highest BCUT2D eigenvalue weighted by molar-refractivity contribution is 7.92. The summed E-state index contributed by atoms with van der Waals surface area (Å²) in [6.45, 7) is 3.65. The van der Waals surface area contributed by atoms with E-state index in [9.17, 15) is 18.3 Å². The van der Waals surface area contributed by atoms with Gasteiger partial charge >= 0.3 is 0 Å². The number of carbonyl (C=O) groups excluding carboxylic acids is 1. The molecule has 0 spiro atoms. The van der Waals surface area contributed by atoms with Gasteiger partial charge in [-0.2, -0.15) is 0 Å². The molecule has 0 unspecified atom stereocenters. The van der Waals surface area contributed by atoms with Gasteiger partial charge in [0, 0.05) is 16.3 Å². The maximum absolute atomic E-state index is 13.0. The number of sulfonamides is 1. The molecule has 0 atom stereocenters. The van der Waals surface area contributed by atoms with Crippen molar-refractivity contribution in [3.05, 3.63) is 95.6 Å². The number of aryl methyl sites for hydroxylation is 2. The highest BCUT2D eigenvalue weighted by Gasteiger charge is 2.19. The Morgan fingerprint density at radius 3 is 2.21 bits per heavy atom. The van der Waals surface area contributed by atoms with E-state index in [1.807, 2.05) is 13.0 Å². The zero-order valence-corrected chi connectivity index (χ0v) is 18.8. The van der Waals surface area contributed by atoms with Crippen LogP contribution in [0.2, 0.25) is 0 Å². The van der Waals surface area contributed by atoms with Crippen LogP contribution in [0, 0.1) is 13.8 Å². The molecule has 4 rings (SSSR count). The number of hydrogen-bond acceptors (Lipinski definition) is 5. The summed E-state index contributed by atoms with van der Waals surface area (Å²) in [5.74, 6) is -0.771. The summed E-state index contributed by atoms with van der Waals surface area (Å²) in [4.78, 5) is 12.6. The summed E-state index contributed by atoms with van der Waals surface area (Å²) in [6, 6.07) is 21.5. The molecule has 8 heteroatoms. The Bertz CT molecular complexity index is 1490. The minimum absolute atomic E-state index is 0.0303. The molecule has 2 N–H and O–H groups in total. The van der Waals surface area contributed by atoms with Crippen molar-refractivity contribution in [1.82, 2.24) is 0 Å². The number of hydrogen-bond donors (Lipinski definition) is 2. The first-order valence-electron chi connectivity index (χ1n) is 10.1. The molecular formula is C25H21N3O4S. The number of fused-ring (bicyclic) bond motifs is 1. The molecule has 0 aliphatic rings. The van der Waals surface area contributed by atoms with Crippen molar-refractivity contribution in [3.63, 3.8) is 0 Å². The standard InChI is InChI=1S/C25H21N3O4S/c1-16-11-13-18(14-12-16)33(31,32)28-22-15-23(24(29)21-10-6-5-9-20(21)22)26-27-25(30)19-8-4-3-7-17(19)2/h3-15,28-29H,1-2H3. The summed E-state index contributed by atoms with van der Waals surface area (Å²) in [5.41, 5.74) is 2.25. The van der Waals surface area contributed by atoms with Gasteiger partial charge in [-0.15, -0.1) is 10.2 Å². The molecule has 0 fully saturated rings. The Balaban J connectivity index is 1.76. The number of anilines is 1. The van der Waals surface area contributed by atoms with Gasteiger partial charge in [-0.25, -0.2) is 8.42 Å². The number of nitrogens with one attached hydrogen (secondary N) is 1. The van der Waals surface area contributed by atoms with Gasteiger partial charge in [0.05, 0.1) is 10.6 Å². The Morgan fingerprint density at radius 2 is 1.52 bits per heavy atom. The fraction of sp³-hybridized carbons (Fsp3) is 0.0800. The van der Waals surface area contributed by atoms with Gasteiger partial charge in [0.25, 0.3) is 15.9 Å². The van der Waals surface area contributed by atoms with Crippen molar-refractivity contribution in [2.24, 2.45) is 10.2 Å². The largest absolute Gasteiger partial charge is 0.505 e. The van der Waals surface area contributed by atoms with E-state index >= 15 is 0 Å². The van der Waals surface area contributed by atoms with Crippen molar-refractivity contribution in [2.75, 3.05) is 4.72 Å². The average molecular weight is 460 g/mol. The number of benzene rings is 4. The molecule has 0 aromatic heterocycles. The van der Waals surface area contributed by atoms with E-state index in [4.69, 9.17) is 0 Å². The van der Waals surface area contributed by atoms with E-state index in [1.165, 1.54) is 18.2 Å². The van der Waals surface area contributed by atoms with Gasteiger partial charge in [-0.05, 0) is 43.7 Å². The lowest BCUT2D eigenvalue weighted by Gasteiger charge is -2.13. The van der Waals surface area contributed by atoms with Gasteiger partial charge in [0.1, 0.15) is 5.69 Å². The van der Waals surface area contributed by atoms with Crippen LogP contribution in [-0.4, -0.2) is 19.4 Å². The number of azo groups is 1. The molecule has 0 aliphatic carbocycles. The van der Waals surface area contributed by atoms with Crippen LogP contribution < -0.4 is 4.72 Å². The summed E-state index contributed by atoms with van der Waals surface area (Å²) in [6.07, 6.45) is 0. The normalized spacial score (nSPS) is 11.7. The number of phenolic OH excluding ortho intramolecular Hbond substituents is 1. The van der Waals surface area contributed by atoms with Crippen LogP contribution in [0.4, 0.5) is 11.4 Å². The first kappa shape index (κ1) is 22.2. The molecule has 0 heterocycles. The lowest BCUT2D eigenvalue weighted by atomic mass is 10.1. The molecule has 0 aliphatic heterocycles. The molecule has 0 saturated heterocycles. The Morgan fingerprint density at radius 1 is 0.879 bits per heavy atom. The molecule has 33 heavy (non-hydrogen) atoms. The molecule has 0 bridgehead atoms. The third-order valence-electron chi connectivity index (χ3n) is 5.20. The Labute approximate surface area is 191 Å². The molecule has 7 nitrogen and oxygen atoms in total. The maximum atomic E-state index is 13.0. The summed E-state index contributed by atoms with van der Waals surface area (Å²) < 4.78 is 28.5. The number of phenols is 1. The van der Waals surface area contributed by atoms with E-state index in [0.717, 1.165) is 11.1 Å². The Hall–Kier alpha value is -4.04. The number of rotatable bonds is 5. The smallest absolute Gasteiger partial charge is 0.295 e. The van der Waals surface area contributed by atoms with Crippen LogP contribution in [0.3, 0.4) is 0 Å². The van der Waals surface area contributed by atoms with Crippen LogP contribution in [-0.2, 0) is 10.0 Å². The zero-order valence-electron chi connectivity index (χ0n) is 18.0. The number of amides is 1. The number of carbonyl (C=O) groups is 1. The predicted octanol–water partition coefficient (Wildman–Crippen LogP) is 5.89. The molecular weight excluding hydrogens is 438 g/mol. The van der Waals surface area contributed by atoms with Crippen LogP contribution in [0.25, 0.3) is 10.8 Å². The summed E-state index contributed by atoms with van der Waals surface area (Å²) in [5, 5.41) is 19.3. The maximum Gasteiger partial charge on any atom is 0.295 e. The van der Waals surface area contributed by atoms with Gasteiger partial charge in [-0.1, -0.05) is 60.2 Å². The first-order chi connectivity index (χ1) is 15.8. The van der Waals surface area contributed by atoms with Gasteiger partial charge < -0.3 is 5.11 Å². The summed E-state index contributed by atoms with van der Waals surface area (Å²) >= 11 is 0. The van der Waals surface area contributed by atoms with E-state index in [2.05, 4.69) is 15.0 Å². The minimum atomic E-state index is -3.90. The molecule has 1 amide bonds. The van der Waals surface area contributed by atoms with Crippen molar-refractivity contribution in [2.45, 2.75) is 18.7 Å². The lowest BCUT2D eigenvalue weighted by Crippen LogP contribution is -2.13. The van der Waals surface area contributed by atoms with Crippen LogP contribution >= 0.6 is 0 Å². The molecule has 166 valence electrons. The summed E-state index contributed by atoms with van der Waals surface area (Å²) in [7, 11) is -3.90. The lowest BCUT2D eigenvalue weighted by molar-refractivity contribution is 0.0994. The quantitative estimate of drug-likeness (QED) is 0.287. The van der Waals surface area contributed by atoms with Crippen LogP contribution in [0.5, 0.6) is 5.75 Å². The molecule has 0 radical (unpaired) electrons. The van der Waals surface area contributed by atoms with Gasteiger partial charge in [-0.3, -0.25) is 9.52 Å². The van der Waals surface area contributed by atoms with Crippen LogP contribution in [0.1, 0.15) is 21.5 Å². The van der Waals surface area contributed by atoms with Gasteiger partial charge in [0.15, 0.2) is 5.75 Å². The second-order valence-electron chi connectivity index (χ2n) is 7.58. The van der Waals surface area contributed by atoms with Crippen LogP contribution in [0.15, 0.2) is 94.0 Å². The third-order valence-corrected chi connectivity index (χ3v) is 6.58. The molecule has 4 aromatic rings. The molecule has 0 saturated carbocycles. The second-order valence-corrected chi connectivity index (χ2v) is 9.26. The zero-order chi connectivity index (χ0) is 23.6. The second kappa shape index (κ2) is 8.84. The highest BCUT2D eigenvalue weighted by Crippen LogP contribution is 2.40. The van der Waals surface area contributed by atoms with E-state index in [0.29, 0.717) is 16.3 Å². The fourth-order valence-electron chi connectivity index (χ4n) is 3.39. The topological polar surface area (TPSA) is 108 Å². The van der Waals surface area contributed by atoms with Crippen molar-refractivity contribution in [1.29, 1.82) is 0 Å². The van der Waals surface area contributed by atoms with E-state index in [1.54, 1.807) is 61.5 Å². The monoisotopic (exact) mass is 459 g/mol. The van der Waals surface area contributed by atoms with Crippen molar-refractivity contribution < 1.29 is 18.3 Å². The van der Waals surface area contributed by atoms with E-state index < -0.39 is 15.9 Å². The van der Waals surface area contributed by atoms with E-state index in [-0.39, 0.29) is 22.0 Å². The van der Waals surface area contributed by atoms with Gasteiger partial charge in [0.2, 0.25) is 0 Å². The number of aromatic hydroxyl groups is 1. The van der Waals surface area contributed by atoms with Crippen molar-refractivity contribution >= 4 is 38.1 Å². The highest BCUT2D eigenvalue weighted by atomic mass is 32.2. The van der Waals surface area contributed by atoms with Crippen molar-refractivity contribution in [3.8, 4) is 5.75 Å². The predicted molar refractivity (Wildman–Crippen MR) is 128 cm³/mol. The SMILES string of the molecule is Cc1ccc(S(=O)(=O)Nc2cc(N=NC(=O)c3ccccc3C)c(O)c3ccccc23)cc1. The minimum Gasteiger partial charge on any atom is -0.505 e. The molecule has 4 aromatic carbocycles. The number of nitrogens with zero attached hydrogens (tertiary/aromatic N) is 2. The fourth-order valence-corrected chi connectivity index (χ4v) is 4.46. The third kappa shape index (κ3) is 4.61. The average Bonchev–Trinajstić information content (AvgIpc) is 2.80. The Kier molecular flexibility index (Phi) is 5.93.